The largest absolute Gasteiger partial charge is 0.446 e. The lowest BCUT2D eigenvalue weighted by Gasteiger charge is -2.29. The number of Topliss-reactive ketones (excluding diaryl/α,β-unsaturated/α-hetero) is 1. The molecule has 0 aliphatic carbocycles. The third kappa shape index (κ3) is 6.91. The van der Waals surface area contributed by atoms with Gasteiger partial charge in [-0.2, -0.15) is 0 Å². The number of hydrogen-bond donors (Lipinski definition) is 0. The normalized spacial score (nSPS) is 22.0. The van der Waals surface area contributed by atoms with Gasteiger partial charge in [0.2, 0.25) is 0 Å². The molecule has 1 heterocycles. The van der Waals surface area contributed by atoms with Gasteiger partial charge in [0.15, 0.2) is 6.23 Å². The number of hydrogen-bond acceptors (Lipinski definition) is 4. The van der Waals surface area contributed by atoms with Crippen molar-refractivity contribution in [2.75, 3.05) is 6.54 Å². The Morgan fingerprint density at radius 2 is 1.77 bits per heavy atom. The molecule has 0 bridgehead atoms. The van der Waals surface area contributed by atoms with Gasteiger partial charge in [-0.05, 0) is 32.6 Å². The molecule has 128 valence electrons. The van der Waals surface area contributed by atoms with Gasteiger partial charge in [0.25, 0.3) is 0 Å². The van der Waals surface area contributed by atoms with E-state index in [4.69, 9.17) is 4.74 Å². The van der Waals surface area contributed by atoms with Crippen molar-refractivity contribution in [3.63, 3.8) is 0 Å². The molecule has 1 aliphatic heterocycles. The summed E-state index contributed by atoms with van der Waals surface area (Å²) in [5.41, 5.74) is 0. The van der Waals surface area contributed by atoms with Crippen LogP contribution in [0.4, 0.5) is 0 Å². The van der Waals surface area contributed by atoms with Crippen molar-refractivity contribution < 1.29 is 14.3 Å². The van der Waals surface area contributed by atoms with Gasteiger partial charge < -0.3 is 9.53 Å². The minimum Gasteiger partial charge on any atom is -0.446 e. The molecule has 0 radical (unpaired) electrons. The maximum Gasteiger partial charge on any atom is 0.307 e. The maximum atomic E-state index is 11.9. The third-order valence-electron chi connectivity index (χ3n) is 4.53. The predicted molar refractivity (Wildman–Crippen MR) is 88.6 cm³/mol. The second-order valence-electron chi connectivity index (χ2n) is 6.44. The van der Waals surface area contributed by atoms with Gasteiger partial charge in [0.1, 0.15) is 5.78 Å². The standard InChI is InChI=1S/C18H33NO3/c1-4-6-7-8-9-14-19-16(5-2)11-12-17(19)22-18(21)13-10-15(3)20/h16-17H,4-14H2,1-3H3/t16-,17-/m1/s1. The number of carbonyl (C=O) groups is 2. The highest BCUT2D eigenvalue weighted by Crippen LogP contribution is 2.28. The molecule has 1 saturated heterocycles. The summed E-state index contributed by atoms with van der Waals surface area (Å²) in [5, 5.41) is 0. The molecule has 0 aromatic rings. The summed E-state index contributed by atoms with van der Waals surface area (Å²) < 4.78 is 5.62. The quantitative estimate of drug-likeness (QED) is 0.426. The monoisotopic (exact) mass is 311 g/mol. The number of carbonyl (C=O) groups excluding carboxylic acids is 2. The zero-order chi connectivity index (χ0) is 16.4. The van der Waals surface area contributed by atoms with Crippen LogP contribution in [-0.2, 0) is 14.3 Å². The summed E-state index contributed by atoms with van der Waals surface area (Å²) in [5.74, 6) is -0.185. The first-order valence-electron chi connectivity index (χ1n) is 9.03. The topological polar surface area (TPSA) is 46.6 Å². The highest BCUT2D eigenvalue weighted by atomic mass is 16.6. The molecule has 0 saturated carbocycles. The fourth-order valence-corrected chi connectivity index (χ4v) is 3.18. The molecule has 2 atom stereocenters. The van der Waals surface area contributed by atoms with E-state index in [1.54, 1.807) is 0 Å². The molecule has 1 rings (SSSR count). The zero-order valence-corrected chi connectivity index (χ0v) is 14.6. The highest BCUT2D eigenvalue weighted by molar-refractivity contribution is 5.81. The Bertz CT molecular complexity index is 343. The van der Waals surface area contributed by atoms with Crippen LogP contribution in [-0.4, -0.2) is 35.5 Å². The Morgan fingerprint density at radius 3 is 2.41 bits per heavy atom. The molecule has 0 aromatic heterocycles. The summed E-state index contributed by atoms with van der Waals surface area (Å²) in [6.07, 6.45) is 9.88. The summed E-state index contributed by atoms with van der Waals surface area (Å²) in [6, 6.07) is 0.539. The summed E-state index contributed by atoms with van der Waals surface area (Å²) in [6.45, 7) is 6.96. The van der Waals surface area contributed by atoms with Crippen LogP contribution in [0.1, 0.15) is 85.0 Å². The van der Waals surface area contributed by atoms with Gasteiger partial charge in [-0.1, -0.05) is 39.5 Å². The van der Waals surface area contributed by atoms with Crippen molar-refractivity contribution in [2.45, 2.75) is 97.2 Å². The first kappa shape index (κ1) is 19.1. The number of rotatable bonds is 11. The van der Waals surface area contributed by atoms with Crippen molar-refractivity contribution in [3.8, 4) is 0 Å². The van der Waals surface area contributed by atoms with Gasteiger partial charge in [0.05, 0.1) is 6.42 Å². The molecule has 0 N–H and O–H groups in total. The third-order valence-corrected chi connectivity index (χ3v) is 4.53. The Kier molecular flexibility index (Phi) is 9.37. The van der Waals surface area contributed by atoms with Crippen LogP contribution < -0.4 is 0 Å². The van der Waals surface area contributed by atoms with E-state index in [-0.39, 0.29) is 24.4 Å². The molecular formula is C18H33NO3. The van der Waals surface area contributed by atoms with Crippen molar-refractivity contribution >= 4 is 11.8 Å². The smallest absolute Gasteiger partial charge is 0.307 e. The van der Waals surface area contributed by atoms with Gasteiger partial charge in [0, 0.05) is 19.0 Å². The molecule has 0 unspecified atom stereocenters. The molecule has 4 nitrogen and oxygen atoms in total. The van der Waals surface area contributed by atoms with E-state index in [0.29, 0.717) is 12.5 Å². The van der Waals surface area contributed by atoms with Crippen LogP contribution in [0.15, 0.2) is 0 Å². The number of unbranched alkanes of at least 4 members (excludes halogenated alkanes) is 4. The van der Waals surface area contributed by atoms with Crippen LogP contribution >= 0.6 is 0 Å². The molecule has 0 spiro atoms. The van der Waals surface area contributed by atoms with E-state index in [0.717, 1.165) is 25.8 Å². The lowest BCUT2D eigenvalue weighted by atomic mass is 10.1. The van der Waals surface area contributed by atoms with Crippen molar-refractivity contribution in [3.05, 3.63) is 0 Å². The Labute approximate surface area is 135 Å². The SMILES string of the molecule is CCCCCCCN1[C@H](CC)CC[C@H]1OC(=O)CCC(C)=O. The maximum absolute atomic E-state index is 11.9. The molecule has 4 heteroatoms. The van der Waals surface area contributed by atoms with Crippen LogP contribution in [0, 0.1) is 0 Å². The summed E-state index contributed by atoms with van der Waals surface area (Å²) in [4.78, 5) is 25.2. The second-order valence-corrected chi connectivity index (χ2v) is 6.44. The van der Waals surface area contributed by atoms with Crippen LogP contribution in [0.2, 0.25) is 0 Å². The molecule has 0 amide bonds. The number of likely N-dealkylation sites (tertiary alicyclic amines) is 1. The number of nitrogens with zero attached hydrogens (tertiary/aromatic N) is 1. The Balaban J connectivity index is 2.39. The first-order chi connectivity index (χ1) is 10.6. The zero-order valence-electron chi connectivity index (χ0n) is 14.6. The number of esters is 1. The van der Waals surface area contributed by atoms with Crippen LogP contribution in [0.25, 0.3) is 0 Å². The first-order valence-corrected chi connectivity index (χ1v) is 9.03. The molecule has 0 aromatic carbocycles. The van der Waals surface area contributed by atoms with Crippen LogP contribution in [0.3, 0.4) is 0 Å². The average molecular weight is 311 g/mol. The molecular weight excluding hydrogens is 278 g/mol. The lowest BCUT2D eigenvalue weighted by molar-refractivity contribution is -0.158. The van der Waals surface area contributed by atoms with E-state index in [9.17, 15) is 9.59 Å². The minimum atomic E-state index is -0.229. The van der Waals surface area contributed by atoms with E-state index < -0.39 is 0 Å². The second kappa shape index (κ2) is 10.8. The lowest BCUT2D eigenvalue weighted by Crippen LogP contribution is -2.39. The molecule has 22 heavy (non-hydrogen) atoms. The van der Waals surface area contributed by atoms with E-state index in [1.165, 1.54) is 39.0 Å². The van der Waals surface area contributed by atoms with Crippen molar-refractivity contribution in [1.29, 1.82) is 0 Å². The van der Waals surface area contributed by atoms with Crippen molar-refractivity contribution in [2.24, 2.45) is 0 Å². The predicted octanol–water partition coefficient (Wildman–Crippen LogP) is 4.07. The molecule has 1 fully saturated rings. The highest BCUT2D eigenvalue weighted by Gasteiger charge is 2.34. The molecule has 1 aliphatic rings. The average Bonchev–Trinajstić information content (AvgIpc) is 2.87. The number of ether oxygens (including phenoxy) is 1. The Morgan fingerprint density at radius 1 is 1.05 bits per heavy atom. The number of ketones is 1. The van der Waals surface area contributed by atoms with Gasteiger partial charge >= 0.3 is 5.97 Å². The fraction of sp³-hybridized carbons (Fsp3) is 0.889. The van der Waals surface area contributed by atoms with E-state index in [2.05, 4.69) is 18.7 Å². The van der Waals surface area contributed by atoms with Crippen LogP contribution in [0.5, 0.6) is 0 Å². The van der Waals surface area contributed by atoms with E-state index >= 15 is 0 Å². The summed E-state index contributed by atoms with van der Waals surface area (Å²) >= 11 is 0. The summed E-state index contributed by atoms with van der Waals surface area (Å²) in [7, 11) is 0. The minimum absolute atomic E-state index is 0.0441. The van der Waals surface area contributed by atoms with Gasteiger partial charge in [-0.25, -0.2) is 0 Å². The fourth-order valence-electron chi connectivity index (χ4n) is 3.18. The van der Waals surface area contributed by atoms with E-state index in [1.807, 2.05) is 0 Å². The van der Waals surface area contributed by atoms with Gasteiger partial charge in [-0.15, -0.1) is 0 Å². The Hall–Kier alpha value is -0.900. The van der Waals surface area contributed by atoms with Gasteiger partial charge in [-0.3, -0.25) is 9.69 Å². The van der Waals surface area contributed by atoms with Crippen molar-refractivity contribution in [1.82, 2.24) is 4.90 Å².